The summed E-state index contributed by atoms with van der Waals surface area (Å²) in [6.45, 7) is 0. The summed E-state index contributed by atoms with van der Waals surface area (Å²) >= 11 is 2.71. The Kier molecular flexibility index (Phi) is 6.68. The van der Waals surface area contributed by atoms with Gasteiger partial charge in [-0.25, -0.2) is 0 Å². The van der Waals surface area contributed by atoms with Crippen molar-refractivity contribution in [2.45, 2.75) is 25.7 Å². The first-order chi connectivity index (χ1) is 16.7. The van der Waals surface area contributed by atoms with E-state index in [4.69, 9.17) is 0 Å². The van der Waals surface area contributed by atoms with E-state index in [-0.39, 0.29) is 23.7 Å². The number of nitrogens with zero attached hydrogens (tertiary/aromatic N) is 4. The highest BCUT2D eigenvalue weighted by atomic mass is 32.1. The van der Waals surface area contributed by atoms with E-state index in [1.165, 1.54) is 22.7 Å². The summed E-state index contributed by atoms with van der Waals surface area (Å²) in [6, 6.07) is 19.5. The fourth-order valence-corrected chi connectivity index (χ4v) is 5.48. The Bertz CT molecular complexity index is 1170. The molecule has 0 atom stereocenters. The second-order valence-electron chi connectivity index (χ2n) is 8.08. The third kappa shape index (κ3) is 5.18. The van der Waals surface area contributed by atoms with Crippen LogP contribution < -0.4 is 10.6 Å². The molecule has 0 saturated heterocycles. The minimum absolute atomic E-state index is 0.0637. The smallest absolute Gasteiger partial charge is 0.229 e. The number of amides is 2. The number of carbonyl (C=O) groups excluding carboxylic acids is 2. The van der Waals surface area contributed by atoms with Crippen LogP contribution in [0.2, 0.25) is 0 Å². The Morgan fingerprint density at radius 2 is 1.00 bits per heavy atom. The van der Waals surface area contributed by atoms with Gasteiger partial charge in [0.1, 0.15) is 10.0 Å². The Hall–Kier alpha value is -3.50. The highest BCUT2D eigenvalue weighted by Crippen LogP contribution is 2.33. The first kappa shape index (κ1) is 22.3. The van der Waals surface area contributed by atoms with E-state index in [0.29, 0.717) is 35.9 Å². The Morgan fingerprint density at radius 3 is 1.38 bits per heavy atom. The molecule has 8 nitrogen and oxygen atoms in total. The summed E-state index contributed by atoms with van der Waals surface area (Å²) in [5.74, 6) is -0.406. The second-order valence-corrected chi connectivity index (χ2v) is 10.0. The lowest BCUT2D eigenvalue weighted by Gasteiger charge is -2.26. The fourth-order valence-electron chi connectivity index (χ4n) is 3.97. The van der Waals surface area contributed by atoms with E-state index >= 15 is 0 Å². The lowest BCUT2D eigenvalue weighted by Crippen LogP contribution is -2.32. The van der Waals surface area contributed by atoms with Gasteiger partial charge in [0.25, 0.3) is 0 Å². The van der Waals surface area contributed by atoms with E-state index in [0.717, 1.165) is 21.1 Å². The van der Waals surface area contributed by atoms with Gasteiger partial charge in [-0.15, -0.1) is 20.4 Å². The van der Waals surface area contributed by atoms with Crippen molar-refractivity contribution >= 4 is 44.8 Å². The summed E-state index contributed by atoms with van der Waals surface area (Å²) in [5.41, 5.74) is 1.94. The number of nitrogens with one attached hydrogen (secondary N) is 2. The minimum Gasteiger partial charge on any atom is -0.300 e. The molecule has 0 unspecified atom stereocenters. The molecule has 0 spiro atoms. The third-order valence-electron chi connectivity index (χ3n) is 5.82. The molecule has 34 heavy (non-hydrogen) atoms. The third-order valence-corrected chi connectivity index (χ3v) is 7.60. The largest absolute Gasteiger partial charge is 0.300 e. The van der Waals surface area contributed by atoms with Crippen LogP contribution >= 0.6 is 22.7 Å². The topological polar surface area (TPSA) is 110 Å². The quantitative estimate of drug-likeness (QED) is 0.389. The Morgan fingerprint density at radius 1 is 0.618 bits per heavy atom. The molecule has 10 heteroatoms. The van der Waals surface area contributed by atoms with Gasteiger partial charge in [-0.3, -0.25) is 9.59 Å². The van der Waals surface area contributed by atoms with Gasteiger partial charge in [-0.2, -0.15) is 0 Å². The van der Waals surface area contributed by atoms with Crippen molar-refractivity contribution in [3.05, 3.63) is 60.7 Å². The number of anilines is 2. The van der Waals surface area contributed by atoms with Crippen LogP contribution in [-0.2, 0) is 9.59 Å². The molecule has 172 valence electrons. The lowest BCUT2D eigenvalue weighted by atomic mass is 9.81. The van der Waals surface area contributed by atoms with Gasteiger partial charge < -0.3 is 10.6 Å². The van der Waals surface area contributed by atoms with Crippen LogP contribution in [0.25, 0.3) is 21.1 Å². The van der Waals surface area contributed by atoms with Crippen molar-refractivity contribution in [3.63, 3.8) is 0 Å². The van der Waals surface area contributed by atoms with E-state index in [1.54, 1.807) is 0 Å². The molecular formula is C24H22N6O2S2. The molecular weight excluding hydrogens is 468 g/mol. The predicted octanol–water partition coefficient (Wildman–Crippen LogP) is 5.11. The van der Waals surface area contributed by atoms with Crippen molar-refractivity contribution in [2.75, 3.05) is 10.6 Å². The highest BCUT2D eigenvalue weighted by Gasteiger charge is 2.31. The van der Waals surface area contributed by atoms with E-state index in [1.807, 2.05) is 60.7 Å². The number of hydrogen-bond acceptors (Lipinski definition) is 8. The molecule has 2 N–H and O–H groups in total. The van der Waals surface area contributed by atoms with Crippen LogP contribution in [0.4, 0.5) is 10.3 Å². The van der Waals surface area contributed by atoms with Gasteiger partial charge in [0.05, 0.1) is 0 Å². The van der Waals surface area contributed by atoms with Gasteiger partial charge >= 0.3 is 0 Å². The summed E-state index contributed by atoms with van der Waals surface area (Å²) in [7, 11) is 0. The van der Waals surface area contributed by atoms with Crippen molar-refractivity contribution < 1.29 is 9.59 Å². The van der Waals surface area contributed by atoms with Crippen LogP contribution in [0, 0.1) is 11.8 Å². The van der Waals surface area contributed by atoms with Gasteiger partial charge in [0, 0.05) is 23.0 Å². The van der Waals surface area contributed by atoms with Crippen LogP contribution in [-0.4, -0.2) is 32.2 Å². The van der Waals surface area contributed by atoms with E-state index in [9.17, 15) is 9.59 Å². The number of carbonyl (C=O) groups is 2. The minimum atomic E-state index is -0.140. The zero-order chi connectivity index (χ0) is 23.3. The van der Waals surface area contributed by atoms with E-state index < -0.39 is 0 Å². The van der Waals surface area contributed by atoms with Crippen molar-refractivity contribution in [1.82, 2.24) is 20.4 Å². The van der Waals surface area contributed by atoms with Gasteiger partial charge in [0.15, 0.2) is 0 Å². The Balaban J connectivity index is 1.11. The molecule has 4 aromatic rings. The fraction of sp³-hybridized carbons (Fsp3) is 0.250. The molecule has 0 radical (unpaired) electrons. The van der Waals surface area contributed by atoms with Crippen LogP contribution in [0.1, 0.15) is 25.7 Å². The molecule has 2 heterocycles. The maximum Gasteiger partial charge on any atom is 0.229 e. The summed E-state index contributed by atoms with van der Waals surface area (Å²) in [5, 5.41) is 24.9. The molecule has 2 aromatic heterocycles. The van der Waals surface area contributed by atoms with Gasteiger partial charge in [-0.05, 0) is 25.7 Å². The summed E-state index contributed by atoms with van der Waals surface area (Å²) in [4.78, 5) is 25.5. The summed E-state index contributed by atoms with van der Waals surface area (Å²) < 4.78 is 0. The van der Waals surface area contributed by atoms with Gasteiger partial charge in [0.2, 0.25) is 22.1 Å². The molecule has 1 fully saturated rings. The zero-order valence-electron chi connectivity index (χ0n) is 18.2. The monoisotopic (exact) mass is 490 g/mol. The Labute approximate surface area is 204 Å². The zero-order valence-corrected chi connectivity index (χ0v) is 19.8. The SMILES string of the molecule is O=C(Nc1nnc(-c2ccccc2)s1)C1CCC(C(=O)Nc2nnc(-c3ccccc3)s2)CC1. The van der Waals surface area contributed by atoms with Gasteiger partial charge in [-0.1, -0.05) is 83.3 Å². The van der Waals surface area contributed by atoms with Crippen LogP contribution in [0.3, 0.4) is 0 Å². The normalized spacial score (nSPS) is 17.8. The van der Waals surface area contributed by atoms with Crippen LogP contribution in [0.5, 0.6) is 0 Å². The maximum absolute atomic E-state index is 12.7. The molecule has 1 aliphatic carbocycles. The number of hydrogen-bond donors (Lipinski definition) is 2. The van der Waals surface area contributed by atoms with Crippen molar-refractivity contribution in [3.8, 4) is 21.1 Å². The average molecular weight is 491 g/mol. The van der Waals surface area contributed by atoms with Crippen molar-refractivity contribution in [1.29, 1.82) is 0 Å². The highest BCUT2D eigenvalue weighted by molar-refractivity contribution is 7.19. The second kappa shape index (κ2) is 10.2. The van der Waals surface area contributed by atoms with Crippen LogP contribution in [0.15, 0.2) is 60.7 Å². The lowest BCUT2D eigenvalue weighted by molar-refractivity contribution is -0.125. The summed E-state index contributed by atoms with van der Waals surface area (Å²) in [6.07, 6.45) is 2.61. The molecule has 0 aliphatic heterocycles. The number of benzene rings is 2. The van der Waals surface area contributed by atoms with E-state index in [2.05, 4.69) is 31.0 Å². The number of aromatic nitrogens is 4. The first-order valence-corrected chi connectivity index (χ1v) is 12.7. The molecule has 0 bridgehead atoms. The molecule has 1 aliphatic rings. The standard InChI is InChI=1S/C24H22N6O2S2/c31-19(25-23-29-27-21(33-23)17-7-3-1-4-8-17)15-11-13-16(14-12-15)20(32)26-24-30-28-22(34-24)18-9-5-2-6-10-18/h1-10,15-16H,11-14H2,(H,25,29,31)(H,26,30,32). The van der Waals surface area contributed by atoms with Crippen molar-refractivity contribution in [2.24, 2.45) is 11.8 Å². The first-order valence-electron chi connectivity index (χ1n) is 11.1. The average Bonchev–Trinajstić information content (AvgIpc) is 3.55. The maximum atomic E-state index is 12.7. The molecule has 1 saturated carbocycles. The predicted molar refractivity (Wildman–Crippen MR) is 133 cm³/mol. The molecule has 2 amide bonds. The molecule has 2 aromatic carbocycles. The molecule has 5 rings (SSSR count). The number of rotatable bonds is 6.